The Labute approximate surface area is 156 Å². The third-order valence-corrected chi connectivity index (χ3v) is 6.22. The minimum atomic E-state index is -0.244. The number of para-hydroxylation sites is 1. The lowest BCUT2D eigenvalue weighted by Gasteiger charge is -2.31. The number of rotatable bonds is 4. The van der Waals surface area contributed by atoms with Gasteiger partial charge in [-0.05, 0) is 49.1 Å². The van der Waals surface area contributed by atoms with E-state index in [9.17, 15) is 9.18 Å². The summed E-state index contributed by atoms with van der Waals surface area (Å²) in [4.78, 5) is 19.2. The molecule has 26 heavy (non-hydrogen) atoms. The van der Waals surface area contributed by atoms with Gasteiger partial charge in [0.05, 0.1) is 15.2 Å². The first kappa shape index (κ1) is 17.2. The predicted octanol–water partition coefficient (Wildman–Crippen LogP) is 4.77. The largest absolute Gasteiger partial charge is 0.343 e. The summed E-state index contributed by atoms with van der Waals surface area (Å²) >= 11 is 1.77. The van der Waals surface area contributed by atoms with Crippen molar-refractivity contribution in [3.05, 3.63) is 64.9 Å². The number of benzene rings is 2. The molecule has 5 heteroatoms. The first-order valence-corrected chi connectivity index (χ1v) is 9.88. The number of fused-ring (bicyclic) bond motifs is 1. The van der Waals surface area contributed by atoms with Gasteiger partial charge in [-0.1, -0.05) is 24.3 Å². The number of amides is 1. The van der Waals surface area contributed by atoms with Crippen molar-refractivity contribution >= 4 is 27.5 Å². The number of hydrogen-bond donors (Lipinski definition) is 0. The highest BCUT2D eigenvalue weighted by Gasteiger charge is 2.25. The summed E-state index contributed by atoms with van der Waals surface area (Å²) < 4.78 is 14.5. The second-order valence-electron chi connectivity index (χ2n) is 6.80. The molecule has 1 aliphatic rings. The molecule has 2 aromatic carbocycles. The van der Waals surface area contributed by atoms with Gasteiger partial charge in [0, 0.05) is 25.4 Å². The Morgan fingerprint density at radius 2 is 1.96 bits per heavy atom. The molecule has 2 heterocycles. The van der Waals surface area contributed by atoms with E-state index in [4.69, 9.17) is 4.98 Å². The summed E-state index contributed by atoms with van der Waals surface area (Å²) in [5, 5.41) is 1.19. The Balaban J connectivity index is 1.32. The average molecular weight is 368 g/mol. The van der Waals surface area contributed by atoms with Crippen LogP contribution in [-0.4, -0.2) is 28.9 Å². The minimum absolute atomic E-state index is 0.164. The minimum Gasteiger partial charge on any atom is -0.343 e. The molecular weight excluding hydrogens is 347 g/mol. The molecule has 4 rings (SSSR count). The lowest BCUT2D eigenvalue weighted by Crippen LogP contribution is -2.38. The molecule has 0 unspecified atom stereocenters. The van der Waals surface area contributed by atoms with Crippen LogP contribution in [0.15, 0.2) is 48.5 Å². The zero-order chi connectivity index (χ0) is 17.9. The maximum absolute atomic E-state index is 13.2. The smallest absolute Gasteiger partial charge is 0.222 e. The van der Waals surface area contributed by atoms with E-state index in [1.165, 1.54) is 21.8 Å². The highest BCUT2D eigenvalue weighted by Crippen LogP contribution is 2.33. The topological polar surface area (TPSA) is 33.2 Å². The van der Waals surface area contributed by atoms with Gasteiger partial charge in [-0.15, -0.1) is 11.3 Å². The van der Waals surface area contributed by atoms with Crippen LogP contribution in [0.5, 0.6) is 0 Å². The zero-order valence-corrected chi connectivity index (χ0v) is 15.3. The van der Waals surface area contributed by atoms with E-state index in [1.54, 1.807) is 17.4 Å². The Kier molecular flexibility index (Phi) is 4.98. The van der Waals surface area contributed by atoms with Gasteiger partial charge in [-0.25, -0.2) is 9.37 Å². The Bertz CT molecular complexity index is 882. The Morgan fingerprint density at radius 3 is 2.73 bits per heavy atom. The van der Waals surface area contributed by atoms with E-state index in [1.807, 2.05) is 23.1 Å². The number of likely N-dealkylation sites (tertiary alicyclic amines) is 1. The number of carbonyl (C=O) groups is 1. The molecule has 3 aromatic rings. The molecule has 1 amide bonds. The van der Waals surface area contributed by atoms with Crippen molar-refractivity contribution < 1.29 is 9.18 Å². The molecule has 3 nitrogen and oxygen atoms in total. The molecular formula is C21H21FN2OS. The van der Waals surface area contributed by atoms with Gasteiger partial charge in [-0.3, -0.25) is 4.79 Å². The van der Waals surface area contributed by atoms with Gasteiger partial charge in [0.2, 0.25) is 5.91 Å². The monoisotopic (exact) mass is 368 g/mol. The summed E-state index contributed by atoms with van der Waals surface area (Å²) in [7, 11) is 0. The second kappa shape index (κ2) is 7.54. The molecule has 0 aliphatic carbocycles. The molecule has 1 aromatic heterocycles. The van der Waals surface area contributed by atoms with E-state index in [0.717, 1.165) is 37.0 Å². The molecule has 0 saturated carbocycles. The molecule has 0 spiro atoms. The lowest BCUT2D eigenvalue weighted by molar-refractivity contribution is -0.132. The first-order chi connectivity index (χ1) is 12.7. The fraction of sp³-hybridized carbons (Fsp3) is 0.333. The van der Waals surface area contributed by atoms with Crippen LogP contribution in [-0.2, 0) is 11.2 Å². The van der Waals surface area contributed by atoms with Crippen LogP contribution in [0.1, 0.15) is 35.8 Å². The van der Waals surface area contributed by atoms with E-state index < -0.39 is 0 Å². The van der Waals surface area contributed by atoms with Gasteiger partial charge in [0.25, 0.3) is 0 Å². The van der Waals surface area contributed by atoms with Crippen LogP contribution in [0.25, 0.3) is 10.2 Å². The number of halogens is 1. The summed E-state index contributed by atoms with van der Waals surface area (Å²) in [6.45, 7) is 1.56. The van der Waals surface area contributed by atoms with Gasteiger partial charge in [-0.2, -0.15) is 0 Å². The maximum atomic E-state index is 13.2. The van der Waals surface area contributed by atoms with Crippen LogP contribution >= 0.6 is 11.3 Å². The van der Waals surface area contributed by atoms with Crippen molar-refractivity contribution in [3.63, 3.8) is 0 Å². The van der Waals surface area contributed by atoms with Crippen LogP contribution < -0.4 is 0 Å². The van der Waals surface area contributed by atoms with Crippen LogP contribution in [0.3, 0.4) is 0 Å². The summed E-state index contributed by atoms with van der Waals surface area (Å²) in [5.74, 6) is 0.364. The van der Waals surface area contributed by atoms with E-state index in [0.29, 0.717) is 18.8 Å². The summed E-state index contributed by atoms with van der Waals surface area (Å²) in [5.41, 5.74) is 1.95. The van der Waals surface area contributed by atoms with Crippen molar-refractivity contribution in [2.75, 3.05) is 13.1 Å². The number of piperidine rings is 1. The van der Waals surface area contributed by atoms with Crippen molar-refractivity contribution in [1.29, 1.82) is 0 Å². The summed E-state index contributed by atoms with van der Waals surface area (Å²) in [6, 6.07) is 14.7. The van der Waals surface area contributed by atoms with Crippen molar-refractivity contribution in [1.82, 2.24) is 9.88 Å². The molecule has 1 aliphatic heterocycles. The lowest BCUT2D eigenvalue weighted by atomic mass is 9.97. The van der Waals surface area contributed by atoms with E-state index in [2.05, 4.69) is 12.1 Å². The van der Waals surface area contributed by atoms with Gasteiger partial charge in [0.1, 0.15) is 5.82 Å². The molecule has 0 bridgehead atoms. The highest BCUT2D eigenvalue weighted by atomic mass is 32.1. The van der Waals surface area contributed by atoms with Crippen LogP contribution in [0, 0.1) is 5.82 Å². The fourth-order valence-electron chi connectivity index (χ4n) is 3.54. The SMILES string of the molecule is O=C(CCc1cccc(F)c1)N1CCC(c2nc3ccccc3s2)CC1. The van der Waals surface area contributed by atoms with Gasteiger partial charge >= 0.3 is 0 Å². The van der Waals surface area contributed by atoms with Crippen LogP contribution in [0.2, 0.25) is 0 Å². The Hall–Kier alpha value is -2.27. The van der Waals surface area contributed by atoms with E-state index >= 15 is 0 Å². The van der Waals surface area contributed by atoms with Crippen molar-refractivity contribution in [2.24, 2.45) is 0 Å². The number of carbonyl (C=O) groups excluding carboxylic acids is 1. The van der Waals surface area contributed by atoms with Crippen molar-refractivity contribution in [2.45, 2.75) is 31.6 Å². The molecule has 1 saturated heterocycles. The summed E-state index contributed by atoms with van der Waals surface area (Å²) in [6.07, 6.45) is 2.96. The van der Waals surface area contributed by atoms with Crippen LogP contribution in [0.4, 0.5) is 4.39 Å². The second-order valence-corrected chi connectivity index (χ2v) is 7.87. The Morgan fingerprint density at radius 1 is 1.15 bits per heavy atom. The number of hydrogen-bond acceptors (Lipinski definition) is 3. The first-order valence-electron chi connectivity index (χ1n) is 9.07. The number of thiazole rings is 1. The van der Waals surface area contributed by atoms with Gasteiger partial charge in [0.15, 0.2) is 0 Å². The highest BCUT2D eigenvalue weighted by molar-refractivity contribution is 7.18. The molecule has 1 fully saturated rings. The number of aryl methyl sites for hydroxylation is 1. The zero-order valence-electron chi connectivity index (χ0n) is 14.5. The molecule has 0 atom stereocenters. The predicted molar refractivity (Wildman–Crippen MR) is 103 cm³/mol. The van der Waals surface area contributed by atoms with Gasteiger partial charge < -0.3 is 4.90 Å². The maximum Gasteiger partial charge on any atom is 0.222 e. The van der Waals surface area contributed by atoms with Crippen molar-refractivity contribution in [3.8, 4) is 0 Å². The normalized spacial score (nSPS) is 15.5. The number of aromatic nitrogens is 1. The third-order valence-electron chi connectivity index (χ3n) is 5.02. The average Bonchev–Trinajstić information content (AvgIpc) is 3.10. The molecule has 0 N–H and O–H groups in total. The standard InChI is InChI=1S/C21H21FN2OS/c22-17-5-3-4-15(14-17)8-9-20(25)24-12-10-16(11-13-24)21-23-18-6-1-2-7-19(18)26-21/h1-7,14,16H,8-13H2. The molecule has 134 valence electrons. The van der Waals surface area contributed by atoms with E-state index in [-0.39, 0.29) is 11.7 Å². The number of nitrogens with zero attached hydrogens (tertiary/aromatic N) is 2. The third kappa shape index (κ3) is 3.78. The quantitative estimate of drug-likeness (QED) is 0.664. The fourth-order valence-corrected chi connectivity index (χ4v) is 4.68. The molecule has 0 radical (unpaired) electrons.